The number of carbonyl (C=O) groups is 2. The Bertz CT molecular complexity index is 1270. The summed E-state index contributed by atoms with van der Waals surface area (Å²) in [5, 5.41) is 10.6. The average Bonchev–Trinajstić information content (AvgIpc) is 2.78. The van der Waals surface area contributed by atoms with E-state index >= 15 is 0 Å². The molecule has 3 aromatic rings. The first-order valence-corrected chi connectivity index (χ1v) is 11.2. The summed E-state index contributed by atoms with van der Waals surface area (Å²) >= 11 is 6.33. The third-order valence-electron chi connectivity index (χ3n) is 6.13. The molecule has 1 aromatic heterocycles. The molecule has 1 aliphatic heterocycles. The molecule has 4 rings (SSSR count). The van der Waals surface area contributed by atoms with Crippen LogP contribution < -0.4 is 10.4 Å². The quantitative estimate of drug-likeness (QED) is 0.549. The molecule has 2 heterocycles. The highest BCUT2D eigenvalue weighted by molar-refractivity contribution is 6.33. The van der Waals surface area contributed by atoms with E-state index in [-0.39, 0.29) is 5.91 Å². The maximum absolute atomic E-state index is 13.0. The molecule has 33 heavy (non-hydrogen) atoms. The summed E-state index contributed by atoms with van der Waals surface area (Å²) in [4.78, 5) is 38.3. The molecule has 0 spiro atoms. The molecule has 1 fully saturated rings. The Morgan fingerprint density at radius 2 is 1.94 bits per heavy atom. The van der Waals surface area contributed by atoms with E-state index in [1.165, 1.54) is 6.07 Å². The van der Waals surface area contributed by atoms with Gasteiger partial charge in [0.1, 0.15) is 11.3 Å². The van der Waals surface area contributed by atoms with Gasteiger partial charge in [0, 0.05) is 46.3 Å². The lowest BCUT2D eigenvalue weighted by Gasteiger charge is -2.38. The van der Waals surface area contributed by atoms with E-state index in [1.54, 1.807) is 43.0 Å². The molecular formula is C25H24ClNO6. The highest BCUT2D eigenvalue weighted by Gasteiger charge is 2.37. The van der Waals surface area contributed by atoms with E-state index in [0.717, 1.165) is 0 Å². The van der Waals surface area contributed by atoms with Crippen molar-refractivity contribution in [2.75, 3.05) is 6.54 Å². The summed E-state index contributed by atoms with van der Waals surface area (Å²) < 4.78 is 11.2. The number of rotatable bonds is 5. The van der Waals surface area contributed by atoms with Crippen molar-refractivity contribution in [3.8, 4) is 16.9 Å². The first kappa shape index (κ1) is 22.9. The molecule has 172 valence electrons. The summed E-state index contributed by atoms with van der Waals surface area (Å²) in [6, 6.07) is 13.2. The van der Waals surface area contributed by atoms with Gasteiger partial charge in [0.25, 0.3) is 5.91 Å². The average molecular weight is 470 g/mol. The first-order valence-electron chi connectivity index (χ1n) is 10.8. The van der Waals surface area contributed by atoms with Crippen LogP contribution in [0.4, 0.5) is 0 Å². The van der Waals surface area contributed by atoms with Gasteiger partial charge in [0.05, 0.1) is 5.92 Å². The van der Waals surface area contributed by atoms with Gasteiger partial charge in [-0.1, -0.05) is 29.8 Å². The van der Waals surface area contributed by atoms with Gasteiger partial charge in [0.2, 0.25) is 0 Å². The Balaban J connectivity index is 1.59. The number of carboxylic acid groups (broad SMARTS) is 1. The molecule has 3 atom stereocenters. The van der Waals surface area contributed by atoms with Crippen LogP contribution in [0, 0.1) is 5.92 Å². The minimum Gasteiger partial charge on any atom is -0.481 e. The fraction of sp³-hybridized carbons (Fsp3) is 0.320. The van der Waals surface area contributed by atoms with E-state index in [1.807, 2.05) is 18.2 Å². The molecule has 0 bridgehead atoms. The molecule has 8 heteroatoms. The Morgan fingerprint density at radius 1 is 1.18 bits per heavy atom. The van der Waals surface area contributed by atoms with Crippen LogP contribution in [0.25, 0.3) is 22.1 Å². The molecule has 0 aliphatic carbocycles. The number of halogens is 1. The topological polar surface area (TPSA) is 97.0 Å². The lowest BCUT2D eigenvalue weighted by Crippen LogP contribution is -2.52. The SMILES string of the molecule is CC(Oc1ccc2c(-c3ccccc3Cl)cc(=O)oc2c1)C(=O)N1CCCC(C(=O)O)C1C. The number of ether oxygens (including phenoxy) is 1. The van der Waals surface area contributed by atoms with E-state index in [0.29, 0.717) is 52.3 Å². The van der Waals surface area contributed by atoms with Crippen LogP contribution in [0.15, 0.2) is 57.7 Å². The number of hydrogen-bond acceptors (Lipinski definition) is 5. The van der Waals surface area contributed by atoms with Crippen molar-refractivity contribution in [1.82, 2.24) is 4.90 Å². The summed E-state index contributed by atoms with van der Waals surface area (Å²) in [5.74, 6) is -1.40. The van der Waals surface area contributed by atoms with Crippen molar-refractivity contribution in [2.45, 2.75) is 38.8 Å². The van der Waals surface area contributed by atoms with Gasteiger partial charge in [-0.3, -0.25) is 9.59 Å². The highest BCUT2D eigenvalue weighted by atomic mass is 35.5. The van der Waals surface area contributed by atoms with Gasteiger partial charge in [-0.2, -0.15) is 0 Å². The van der Waals surface area contributed by atoms with E-state index in [9.17, 15) is 19.5 Å². The number of carbonyl (C=O) groups excluding carboxylic acids is 1. The van der Waals surface area contributed by atoms with E-state index < -0.39 is 29.7 Å². The molecule has 0 radical (unpaired) electrons. The molecule has 1 amide bonds. The van der Waals surface area contributed by atoms with Gasteiger partial charge in [-0.25, -0.2) is 4.79 Å². The van der Waals surface area contributed by atoms with Gasteiger partial charge >= 0.3 is 11.6 Å². The van der Waals surface area contributed by atoms with Gasteiger partial charge in [0.15, 0.2) is 6.10 Å². The molecule has 1 saturated heterocycles. The van der Waals surface area contributed by atoms with Crippen molar-refractivity contribution in [1.29, 1.82) is 0 Å². The number of likely N-dealkylation sites (tertiary alicyclic amines) is 1. The Kier molecular flexibility index (Phi) is 6.42. The number of piperidine rings is 1. The van der Waals surface area contributed by atoms with Crippen molar-refractivity contribution in [3.63, 3.8) is 0 Å². The third-order valence-corrected chi connectivity index (χ3v) is 6.46. The number of carboxylic acids is 1. The molecule has 2 aromatic carbocycles. The van der Waals surface area contributed by atoms with Crippen LogP contribution in [-0.4, -0.2) is 40.6 Å². The zero-order chi connectivity index (χ0) is 23.7. The monoisotopic (exact) mass is 469 g/mol. The maximum atomic E-state index is 13.0. The second kappa shape index (κ2) is 9.27. The zero-order valence-electron chi connectivity index (χ0n) is 18.3. The molecule has 7 nitrogen and oxygen atoms in total. The van der Waals surface area contributed by atoms with Crippen LogP contribution in [-0.2, 0) is 9.59 Å². The summed E-state index contributed by atoms with van der Waals surface area (Å²) in [5.41, 5.74) is 1.14. The Hall–Kier alpha value is -3.32. The lowest BCUT2D eigenvalue weighted by atomic mass is 9.90. The first-order chi connectivity index (χ1) is 15.8. The number of amides is 1. The van der Waals surface area contributed by atoms with Crippen molar-refractivity contribution in [2.24, 2.45) is 5.92 Å². The highest BCUT2D eigenvalue weighted by Crippen LogP contribution is 2.34. The lowest BCUT2D eigenvalue weighted by molar-refractivity contribution is -0.151. The molecule has 1 N–H and O–H groups in total. The smallest absolute Gasteiger partial charge is 0.336 e. The second-order valence-corrected chi connectivity index (χ2v) is 8.64. The number of hydrogen-bond donors (Lipinski definition) is 1. The zero-order valence-corrected chi connectivity index (χ0v) is 19.0. The van der Waals surface area contributed by atoms with Crippen LogP contribution in [0.1, 0.15) is 26.7 Å². The van der Waals surface area contributed by atoms with E-state index in [2.05, 4.69) is 0 Å². The maximum Gasteiger partial charge on any atom is 0.336 e. The van der Waals surface area contributed by atoms with Crippen molar-refractivity contribution < 1.29 is 23.8 Å². The van der Waals surface area contributed by atoms with Crippen LogP contribution in [0.3, 0.4) is 0 Å². The van der Waals surface area contributed by atoms with Crippen molar-refractivity contribution in [3.05, 3.63) is 64.0 Å². The number of nitrogens with zero attached hydrogens (tertiary/aromatic N) is 1. The fourth-order valence-electron chi connectivity index (χ4n) is 4.39. The molecule has 1 aliphatic rings. The Morgan fingerprint density at radius 3 is 2.67 bits per heavy atom. The molecular weight excluding hydrogens is 446 g/mol. The van der Waals surface area contributed by atoms with Gasteiger partial charge in [-0.15, -0.1) is 0 Å². The normalized spacial score (nSPS) is 19.3. The summed E-state index contributed by atoms with van der Waals surface area (Å²) in [6.07, 6.45) is 0.342. The molecule has 3 unspecified atom stereocenters. The third kappa shape index (κ3) is 4.59. The summed E-state index contributed by atoms with van der Waals surface area (Å²) in [6.45, 7) is 3.87. The van der Waals surface area contributed by atoms with Gasteiger partial charge in [-0.05, 0) is 44.9 Å². The minimum atomic E-state index is -0.896. The predicted octanol–water partition coefficient (Wildman–Crippen LogP) is 4.59. The van der Waals surface area contributed by atoms with Crippen LogP contribution in [0.2, 0.25) is 5.02 Å². The van der Waals surface area contributed by atoms with Crippen LogP contribution in [0.5, 0.6) is 5.75 Å². The van der Waals surface area contributed by atoms with Crippen molar-refractivity contribution >= 4 is 34.4 Å². The number of fused-ring (bicyclic) bond motifs is 1. The fourth-order valence-corrected chi connectivity index (χ4v) is 4.63. The Labute approximate surface area is 195 Å². The van der Waals surface area contributed by atoms with E-state index in [4.69, 9.17) is 20.8 Å². The summed E-state index contributed by atoms with van der Waals surface area (Å²) in [7, 11) is 0. The second-order valence-electron chi connectivity index (χ2n) is 8.24. The molecule has 0 saturated carbocycles. The standard InChI is InChI=1S/C25H24ClNO6/c1-14-17(25(30)31)7-5-11-27(14)24(29)15(2)32-16-9-10-19-20(13-23(28)33-22(19)12-16)18-6-3-4-8-21(18)26/h3-4,6,8-10,12-15,17H,5,7,11H2,1-2H3,(H,30,31). The number of aliphatic carboxylic acids is 1. The van der Waals surface area contributed by atoms with Gasteiger partial charge < -0.3 is 19.2 Å². The predicted molar refractivity (Wildman–Crippen MR) is 125 cm³/mol. The largest absolute Gasteiger partial charge is 0.481 e. The van der Waals surface area contributed by atoms with Crippen LogP contribution >= 0.6 is 11.6 Å². The number of benzene rings is 2. The minimum absolute atomic E-state index is 0.278.